The molecule has 0 aliphatic carbocycles. The molecule has 0 aliphatic heterocycles. The van der Waals surface area contributed by atoms with Gasteiger partial charge in [0.25, 0.3) is 0 Å². The SMILES string of the molecule is CC/C=C\C/C=C\C/C=C\C/C=C\CCCCC(=O)OC(COCCCCCCCCCCCCCCCCCC)COC(=O)CCCCCCCCCCC/C=C\CCCCCCCC. The molecule has 384 valence electrons. The first kappa shape index (κ1) is 63.6. The third-order valence-corrected chi connectivity index (χ3v) is 12.5. The van der Waals surface area contributed by atoms with Gasteiger partial charge in [-0.3, -0.25) is 9.59 Å². The first-order valence-electron chi connectivity index (χ1n) is 28.8. The van der Waals surface area contributed by atoms with Crippen molar-refractivity contribution in [2.45, 2.75) is 297 Å². The van der Waals surface area contributed by atoms with Gasteiger partial charge < -0.3 is 14.2 Å². The van der Waals surface area contributed by atoms with E-state index in [-0.39, 0.29) is 25.2 Å². The van der Waals surface area contributed by atoms with Crippen molar-refractivity contribution in [3.63, 3.8) is 0 Å². The van der Waals surface area contributed by atoms with E-state index in [1.807, 2.05) is 0 Å². The van der Waals surface area contributed by atoms with E-state index in [0.29, 0.717) is 19.4 Å². The molecule has 0 radical (unpaired) electrons. The van der Waals surface area contributed by atoms with Gasteiger partial charge in [-0.2, -0.15) is 0 Å². The molecule has 0 fully saturated rings. The Morgan fingerprint density at radius 2 is 0.682 bits per heavy atom. The lowest BCUT2D eigenvalue weighted by Crippen LogP contribution is -2.30. The van der Waals surface area contributed by atoms with Gasteiger partial charge >= 0.3 is 11.9 Å². The molecule has 5 nitrogen and oxygen atoms in total. The van der Waals surface area contributed by atoms with Crippen molar-refractivity contribution < 1.29 is 23.8 Å². The number of unbranched alkanes of at least 4 members (excludes halogenated alkanes) is 32. The van der Waals surface area contributed by atoms with Crippen LogP contribution in [-0.4, -0.2) is 37.9 Å². The lowest BCUT2D eigenvalue weighted by atomic mass is 10.0. The normalized spacial score (nSPS) is 12.6. The Kier molecular flexibility index (Phi) is 54.9. The fourth-order valence-corrected chi connectivity index (χ4v) is 8.26. The Morgan fingerprint density at radius 1 is 0.348 bits per heavy atom. The summed E-state index contributed by atoms with van der Waals surface area (Å²) in [6, 6.07) is 0. The average molecular weight is 924 g/mol. The minimum absolute atomic E-state index is 0.0698. The molecule has 0 saturated carbocycles. The van der Waals surface area contributed by atoms with Crippen LogP contribution in [0.15, 0.2) is 60.8 Å². The van der Waals surface area contributed by atoms with Crippen molar-refractivity contribution in [2.75, 3.05) is 19.8 Å². The first-order chi connectivity index (χ1) is 32.6. The van der Waals surface area contributed by atoms with Crippen LogP contribution in [0.5, 0.6) is 0 Å². The minimum atomic E-state index is -0.557. The van der Waals surface area contributed by atoms with E-state index in [1.54, 1.807) is 0 Å². The quantitative estimate of drug-likeness (QED) is 0.0346. The number of hydrogen-bond acceptors (Lipinski definition) is 5. The minimum Gasteiger partial charge on any atom is -0.462 e. The summed E-state index contributed by atoms with van der Waals surface area (Å²) in [6.45, 7) is 7.71. The van der Waals surface area contributed by atoms with Crippen LogP contribution in [0.2, 0.25) is 0 Å². The fraction of sp³-hybridized carbons (Fsp3) is 0.803. The third kappa shape index (κ3) is 54.2. The molecule has 5 heteroatoms. The maximum atomic E-state index is 12.8. The number of esters is 2. The molecule has 0 heterocycles. The summed E-state index contributed by atoms with van der Waals surface area (Å²) in [5.41, 5.74) is 0. The number of hydrogen-bond donors (Lipinski definition) is 0. The maximum absolute atomic E-state index is 12.8. The van der Waals surface area contributed by atoms with Crippen LogP contribution in [0.1, 0.15) is 290 Å². The van der Waals surface area contributed by atoms with Crippen molar-refractivity contribution in [2.24, 2.45) is 0 Å². The van der Waals surface area contributed by atoms with Gasteiger partial charge in [0.05, 0.1) is 6.61 Å². The largest absolute Gasteiger partial charge is 0.462 e. The van der Waals surface area contributed by atoms with Crippen molar-refractivity contribution in [1.29, 1.82) is 0 Å². The predicted octanol–water partition coefficient (Wildman–Crippen LogP) is 19.7. The molecule has 0 N–H and O–H groups in total. The van der Waals surface area contributed by atoms with E-state index in [0.717, 1.165) is 70.6 Å². The lowest BCUT2D eigenvalue weighted by Gasteiger charge is -2.18. The molecule has 0 aromatic rings. The Hall–Kier alpha value is -2.40. The first-order valence-corrected chi connectivity index (χ1v) is 28.8. The summed E-state index contributed by atoms with van der Waals surface area (Å²) in [6.07, 6.45) is 72.5. The summed E-state index contributed by atoms with van der Waals surface area (Å²) < 4.78 is 17.4. The summed E-state index contributed by atoms with van der Waals surface area (Å²) >= 11 is 0. The van der Waals surface area contributed by atoms with E-state index in [4.69, 9.17) is 14.2 Å². The highest BCUT2D eigenvalue weighted by atomic mass is 16.6. The molecule has 0 aromatic heterocycles. The van der Waals surface area contributed by atoms with E-state index < -0.39 is 6.10 Å². The topological polar surface area (TPSA) is 61.8 Å². The molecule has 0 rings (SSSR count). The molecule has 0 aromatic carbocycles. The Labute approximate surface area is 411 Å². The van der Waals surface area contributed by atoms with Gasteiger partial charge in [-0.25, -0.2) is 0 Å². The number of allylic oxidation sites excluding steroid dienone is 10. The Balaban J connectivity index is 4.28. The second-order valence-corrected chi connectivity index (χ2v) is 19.2. The van der Waals surface area contributed by atoms with Gasteiger partial charge in [0.1, 0.15) is 6.61 Å². The zero-order chi connectivity index (χ0) is 47.7. The van der Waals surface area contributed by atoms with Gasteiger partial charge in [-0.15, -0.1) is 0 Å². The molecular weight excluding hydrogens is 813 g/mol. The summed E-state index contributed by atoms with van der Waals surface area (Å²) in [5, 5.41) is 0. The highest BCUT2D eigenvalue weighted by Gasteiger charge is 2.17. The van der Waals surface area contributed by atoms with Crippen LogP contribution in [0.4, 0.5) is 0 Å². The molecule has 1 atom stereocenters. The number of ether oxygens (including phenoxy) is 3. The van der Waals surface area contributed by atoms with Gasteiger partial charge in [-0.05, 0) is 83.5 Å². The van der Waals surface area contributed by atoms with Gasteiger partial charge in [0.15, 0.2) is 6.10 Å². The molecule has 0 aliphatic rings. The molecule has 0 saturated heterocycles. The van der Waals surface area contributed by atoms with E-state index >= 15 is 0 Å². The molecule has 66 heavy (non-hydrogen) atoms. The van der Waals surface area contributed by atoms with Crippen LogP contribution in [0.25, 0.3) is 0 Å². The van der Waals surface area contributed by atoms with Crippen molar-refractivity contribution >= 4 is 11.9 Å². The fourth-order valence-electron chi connectivity index (χ4n) is 8.26. The van der Waals surface area contributed by atoms with E-state index in [2.05, 4.69) is 81.5 Å². The Morgan fingerprint density at radius 3 is 1.14 bits per heavy atom. The number of carbonyl (C=O) groups is 2. The molecule has 0 spiro atoms. The molecule has 0 amide bonds. The van der Waals surface area contributed by atoms with E-state index in [9.17, 15) is 9.59 Å². The standard InChI is InChI=1S/C61H110O5/c1-4-7-10-13-16-19-22-25-28-30-31-32-34-36-39-42-45-48-51-54-60(62)65-58-59(57-64-56-53-50-47-44-41-38-35-29-26-23-20-17-14-11-8-5-2)66-61(63)55-52-49-46-43-40-37-33-27-24-21-18-15-12-9-6-3/h9,12,18,21,25,27-28,33,40,43,59H,4-8,10-11,13-17,19-20,22-24,26,29-32,34-39,41-42,44-58H2,1-3H3/b12-9-,21-18-,28-25-,33-27-,43-40-. The van der Waals surface area contributed by atoms with Crippen LogP contribution in [-0.2, 0) is 23.8 Å². The highest BCUT2D eigenvalue weighted by molar-refractivity contribution is 5.70. The van der Waals surface area contributed by atoms with Gasteiger partial charge in [0.2, 0.25) is 0 Å². The third-order valence-electron chi connectivity index (χ3n) is 12.5. The summed E-state index contributed by atoms with van der Waals surface area (Å²) in [5.74, 6) is -0.435. The van der Waals surface area contributed by atoms with Crippen LogP contribution < -0.4 is 0 Å². The summed E-state index contributed by atoms with van der Waals surface area (Å²) in [7, 11) is 0. The zero-order valence-electron chi connectivity index (χ0n) is 44.2. The van der Waals surface area contributed by atoms with Crippen molar-refractivity contribution in [1.82, 2.24) is 0 Å². The predicted molar refractivity (Wildman–Crippen MR) is 288 cm³/mol. The highest BCUT2D eigenvalue weighted by Crippen LogP contribution is 2.16. The number of rotatable bonds is 53. The summed E-state index contributed by atoms with van der Waals surface area (Å²) in [4.78, 5) is 25.5. The molecule has 0 bridgehead atoms. The van der Waals surface area contributed by atoms with Crippen LogP contribution in [0.3, 0.4) is 0 Å². The average Bonchev–Trinajstić information content (AvgIpc) is 3.32. The molecule has 1 unspecified atom stereocenters. The zero-order valence-corrected chi connectivity index (χ0v) is 44.2. The smallest absolute Gasteiger partial charge is 0.306 e. The second-order valence-electron chi connectivity index (χ2n) is 19.2. The van der Waals surface area contributed by atoms with Gasteiger partial charge in [-0.1, -0.05) is 255 Å². The van der Waals surface area contributed by atoms with E-state index in [1.165, 1.54) is 186 Å². The second kappa shape index (κ2) is 56.9. The van der Waals surface area contributed by atoms with Crippen LogP contribution >= 0.6 is 0 Å². The van der Waals surface area contributed by atoms with Crippen LogP contribution in [0, 0.1) is 0 Å². The maximum Gasteiger partial charge on any atom is 0.306 e. The molecular formula is C61H110O5. The van der Waals surface area contributed by atoms with Gasteiger partial charge in [0, 0.05) is 19.4 Å². The number of carbonyl (C=O) groups excluding carboxylic acids is 2. The monoisotopic (exact) mass is 923 g/mol. The lowest BCUT2D eigenvalue weighted by molar-refractivity contribution is -0.163. The van der Waals surface area contributed by atoms with Crippen molar-refractivity contribution in [3.8, 4) is 0 Å². The Bertz CT molecular complexity index is 1130. The van der Waals surface area contributed by atoms with Crippen molar-refractivity contribution in [3.05, 3.63) is 60.8 Å².